The lowest BCUT2D eigenvalue weighted by Gasteiger charge is -2.31. The van der Waals surface area contributed by atoms with Gasteiger partial charge in [0, 0.05) is 37.8 Å². The van der Waals surface area contributed by atoms with Gasteiger partial charge in [0.15, 0.2) is 5.82 Å². The molecular formula is C19H22N6O2. The minimum absolute atomic E-state index is 0.290. The molecule has 27 heavy (non-hydrogen) atoms. The van der Waals surface area contributed by atoms with Gasteiger partial charge in [-0.25, -0.2) is 4.98 Å². The Bertz CT molecular complexity index is 869. The lowest BCUT2D eigenvalue weighted by atomic mass is 10.1. The van der Waals surface area contributed by atoms with Crippen LogP contribution in [-0.2, 0) is 6.42 Å². The first-order valence-electron chi connectivity index (χ1n) is 9.16. The summed E-state index contributed by atoms with van der Waals surface area (Å²) >= 11 is 0. The monoisotopic (exact) mass is 366 g/mol. The van der Waals surface area contributed by atoms with E-state index in [1.807, 2.05) is 36.4 Å². The van der Waals surface area contributed by atoms with Gasteiger partial charge in [-0.05, 0) is 31.0 Å². The van der Waals surface area contributed by atoms with E-state index in [2.05, 4.69) is 30.3 Å². The molecule has 8 nitrogen and oxygen atoms in total. The number of aliphatic hydroxyl groups is 1. The minimum atomic E-state index is -0.290. The molecule has 2 aromatic heterocycles. The normalized spacial score (nSPS) is 17.1. The molecule has 1 unspecified atom stereocenters. The Morgan fingerprint density at radius 1 is 1.19 bits per heavy atom. The van der Waals surface area contributed by atoms with Crippen LogP contribution in [0.2, 0.25) is 0 Å². The fourth-order valence-corrected chi connectivity index (χ4v) is 3.11. The van der Waals surface area contributed by atoms with Gasteiger partial charge in [-0.2, -0.15) is 9.97 Å². The predicted octanol–water partition coefficient (Wildman–Crippen LogP) is 2.14. The second kappa shape index (κ2) is 8.13. The summed E-state index contributed by atoms with van der Waals surface area (Å²) in [6, 6.07) is 11.6. The number of piperidine rings is 1. The third-order valence-corrected chi connectivity index (χ3v) is 4.48. The molecule has 3 heterocycles. The Labute approximate surface area is 157 Å². The van der Waals surface area contributed by atoms with Crippen LogP contribution in [0.25, 0.3) is 11.5 Å². The molecule has 1 fully saturated rings. The molecule has 8 heteroatoms. The molecule has 0 radical (unpaired) electrons. The Morgan fingerprint density at radius 3 is 2.93 bits per heavy atom. The van der Waals surface area contributed by atoms with Crippen molar-refractivity contribution in [2.45, 2.75) is 25.4 Å². The maximum Gasteiger partial charge on any atom is 0.257 e. The highest BCUT2D eigenvalue weighted by atomic mass is 16.5. The van der Waals surface area contributed by atoms with Gasteiger partial charge < -0.3 is 19.8 Å². The SMILES string of the molecule is OC1CCCN(c2ccnc(NCCc3noc(-c4ccccc4)n3)n2)C1. The summed E-state index contributed by atoms with van der Waals surface area (Å²) in [5.41, 5.74) is 0.906. The fourth-order valence-electron chi connectivity index (χ4n) is 3.11. The highest BCUT2D eigenvalue weighted by molar-refractivity contribution is 5.52. The Balaban J connectivity index is 1.33. The highest BCUT2D eigenvalue weighted by Crippen LogP contribution is 2.19. The molecule has 0 aliphatic carbocycles. The molecule has 2 N–H and O–H groups in total. The van der Waals surface area contributed by atoms with Crippen LogP contribution in [0.15, 0.2) is 47.1 Å². The van der Waals surface area contributed by atoms with Crippen LogP contribution in [0.4, 0.5) is 11.8 Å². The third-order valence-electron chi connectivity index (χ3n) is 4.48. The van der Waals surface area contributed by atoms with Crippen LogP contribution in [-0.4, -0.2) is 51.0 Å². The number of benzene rings is 1. The second-order valence-electron chi connectivity index (χ2n) is 6.54. The first-order chi connectivity index (χ1) is 13.3. The van der Waals surface area contributed by atoms with Gasteiger partial charge in [0.05, 0.1) is 6.10 Å². The molecule has 1 saturated heterocycles. The molecule has 1 aliphatic heterocycles. The fraction of sp³-hybridized carbons (Fsp3) is 0.368. The molecule has 3 aromatic rings. The summed E-state index contributed by atoms with van der Waals surface area (Å²) in [5, 5.41) is 17.1. The number of nitrogens with zero attached hydrogens (tertiary/aromatic N) is 5. The van der Waals surface area contributed by atoms with E-state index in [0.717, 1.165) is 30.8 Å². The molecule has 0 saturated carbocycles. The van der Waals surface area contributed by atoms with Crippen LogP contribution < -0.4 is 10.2 Å². The van der Waals surface area contributed by atoms with Crippen molar-refractivity contribution in [2.24, 2.45) is 0 Å². The first-order valence-corrected chi connectivity index (χ1v) is 9.16. The number of nitrogens with one attached hydrogen (secondary N) is 1. The summed E-state index contributed by atoms with van der Waals surface area (Å²) in [6.07, 6.45) is 3.86. The van der Waals surface area contributed by atoms with Gasteiger partial charge in [-0.15, -0.1) is 0 Å². The van der Waals surface area contributed by atoms with Gasteiger partial charge in [0.1, 0.15) is 5.82 Å². The van der Waals surface area contributed by atoms with E-state index in [0.29, 0.717) is 37.2 Å². The van der Waals surface area contributed by atoms with Crippen molar-refractivity contribution in [1.29, 1.82) is 0 Å². The van der Waals surface area contributed by atoms with E-state index in [1.165, 1.54) is 0 Å². The zero-order valence-electron chi connectivity index (χ0n) is 15.0. The van der Waals surface area contributed by atoms with Gasteiger partial charge in [-0.3, -0.25) is 0 Å². The quantitative estimate of drug-likeness (QED) is 0.684. The maximum absolute atomic E-state index is 9.84. The molecule has 0 amide bonds. The van der Waals surface area contributed by atoms with Crippen LogP contribution in [0.1, 0.15) is 18.7 Å². The molecule has 0 bridgehead atoms. The van der Waals surface area contributed by atoms with Crippen molar-refractivity contribution >= 4 is 11.8 Å². The molecule has 1 atom stereocenters. The third kappa shape index (κ3) is 4.40. The van der Waals surface area contributed by atoms with E-state index in [-0.39, 0.29) is 6.10 Å². The number of aliphatic hydroxyl groups excluding tert-OH is 1. The number of rotatable bonds is 6. The standard InChI is InChI=1S/C19H22N6O2/c26-15-7-4-12-25(13-15)17-9-11-21-19(23-17)20-10-8-16-22-18(27-24-16)14-5-2-1-3-6-14/h1-3,5-6,9,11,15,26H,4,7-8,10,12-13H2,(H,20,21,23). The minimum Gasteiger partial charge on any atom is -0.391 e. The summed E-state index contributed by atoms with van der Waals surface area (Å²) in [5.74, 6) is 2.54. The smallest absolute Gasteiger partial charge is 0.257 e. The maximum atomic E-state index is 9.84. The topological polar surface area (TPSA) is 100 Å². The lowest BCUT2D eigenvalue weighted by Crippen LogP contribution is -2.38. The highest BCUT2D eigenvalue weighted by Gasteiger charge is 2.19. The van der Waals surface area contributed by atoms with E-state index >= 15 is 0 Å². The first kappa shape index (κ1) is 17.4. The van der Waals surface area contributed by atoms with Crippen molar-refractivity contribution in [2.75, 3.05) is 29.9 Å². The van der Waals surface area contributed by atoms with Crippen LogP contribution in [0.5, 0.6) is 0 Å². The van der Waals surface area contributed by atoms with Crippen molar-refractivity contribution < 1.29 is 9.63 Å². The van der Waals surface area contributed by atoms with E-state index in [9.17, 15) is 5.11 Å². The van der Waals surface area contributed by atoms with E-state index < -0.39 is 0 Å². The molecule has 1 aliphatic rings. The van der Waals surface area contributed by atoms with E-state index in [4.69, 9.17) is 4.52 Å². The molecule has 4 rings (SSSR count). The zero-order chi connectivity index (χ0) is 18.5. The molecular weight excluding hydrogens is 344 g/mol. The Hall–Kier alpha value is -3.00. The second-order valence-corrected chi connectivity index (χ2v) is 6.54. The summed E-state index contributed by atoms with van der Waals surface area (Å²) in [7, 11) is 0. The Kier molecular flexibility index (Phi) is 5.24. The number of hydrogen-bond donors (Lipinski definition) is 2. The van der Waals surface area contributed by atoms with Crippen molar-refractivity contribution in [3.63, 3.8) is 0 Å². The Morgan fingerprint density at radius 2 is 2.07 bits per heavy atom. The average molecular weight is 366 g/mol. The zero-order valence-corrected chi connectivity index (χ0v) is 15.0. The number of aromatic nitrogens is 4. The van der Waals surface area contributed by atoms with Gasteiger partial charge >= 0.3 is 0 Å². The average Bonchev–Trinajstić information content (AvgIpc) is 3.18. The van der Waals surface area contributed by atoms with Crippen molar-refractivity contribution in [3.8, 4) is 11.5 Å². The van der Waals surface area contributed by atoms with Gasteiger partial charge in [-0.1, -0.05) is 23.4 Å². The summed E-state index contributed by atoms with van der Waals surface area (Å²) < 4.78 is 5.31. The van der Waals surface area contributed by atoms with Crippen LogP contribution >= 0.6 is 0 Å². The molecule has 1 aromatic carbocycles. The predicted molar refractivity (Wildman–Crippen MR) is 101 cm³/mol. The number of β-amino-alcohol motifs (C(OH)–C–C–N with tert-alkyl or cyclic N) is 1. The largest absolute Gasteiger partial charge is 0.391 e. The van der Waals surface area contributed by atoms with Crippen molar-refractivity contribution in [3.05, 3.63) is 48.4 Å². The lowest BCUT2D eigenvalue weighted by molar-refractivity contribution is 0.154. The van der Waals surface area contributed by atoms with Crippen molar-refractivity contribution in [1.82, 2.24) is 20.1 Å². The van der Waals surface area contributed by atoms with Crippen LogP contribution in [0, 0.1) is 0 Å². The molecule has 0 spiro atoms. The molecule has 140 valence electrons. The van der Waals surface area contributed by atoms with E-state index in [1.54, 1.807) is 6.20 Å². The number of anilines is 2. The van der Waals surface area contributed by atoms with Crippen LogP contribution in [0.3, 0.4) is 0 Å². The summed E-state index contributed by atoms with van der Waals surface area (Å²) in [6.45, 7) is 2.11. The summed E-state index contributed by atoms with van der Waals surface area (Å²) in [4.78, 5) is 15.3. The number of hydrogen-bond acceptors (Lipinski definition) is 8. The van der Waals surface area contributed by atoms with Gasteiger partial charge in [0.2, 0.25) is 5.95 Å². The van der Waals surface area contributed by atoms with Gasteiger partial charge in [0.25, 0.3) is 5.89 Å².